The summed E-state index contributed by atoms with van der Waals surface area (Å²) >= 11 is 0. The highest BCUT2D eigenvalue weighted by molar-refractivity contribution is 6.04. The summed E-state index contributed by atoms with van der Waals surface area (Å²) < 4.78 is 46.2. The third-order valence-corrected chi connectivity index (χ3v) is 4.54. The van der Waals surface area contributed by atoms with E-state index in [2.05, 4.69) is 10.2 Å². The number of carbonyl (C=O) groups is 1. The maximum Gasteiger partial charge on any atom is 0.420 e. The first-order chi connectivity index (χ1) is 12.8. The third-order valence-electron chi connectivity index (χ3n) is 4.54. The van der Waals surface area contributed by atoms with Crippen LogP contribution in [0.2, 0.25) is 0 Å². The summed E-state index contributed by atoms with van der Waals surface area (Å²) in [5, 5.41) is 2.51. The van der Waals surface area contributed by atoms with Gasteiger partial charge in [0.1, 0.15) is 11.9 Å². The van der Waals surface area contributed by atoms with E-state index < -0.39 is 17.6 Å². The van der Waals surface area contributed by atoms with Crippen LogP contribution in [0.3, 0.4) is 0 Å². The Balaban J connectivity index is 1.78. The number of hydrogen-bond donors (Lipinski definition) is 1. The average Bonchev–Trinajstić information content (AvgIpc) is 2.64. The van der Waals surface area contributed by atoms with Crippen molar-refractivity contribution in [2.75, 3.05) is 25.5 Å². The molecule has 0 atom stereocenters. The van der Waals surface area contributed by atoms with Crippen molar-refractivity contribution in [3.05, 3.63) is 59.7 Å². The van der Waals surface area contributed by atoms with Crippen molar-refractivity contribution in [2.24, 2.45) is 0 Å². The second kappa shape index (κ2) is 8.00. The molecule has 1 fully saturated rings. The third kappa shape index (κ3) is 5.01. The molecule has 0 aromatic heterocycles. The number of nitrogens with zero attached hydrogens (tertiary/aromatic N) is 1. The number of piperidine rings is 1. The molecule has 1 amide bonds. The number of carbonyl (C=O) groups excluding carboxylic acids is 1. The molecule has 0 bridgehead atoms. The van der Waals surface area contributed by atoms with Gasteiger partial charge in [0.05, 0.1) is 5.56 Å². The van der Waals surface area contributed by atoms with Crippen molar-refractivity contribution >= 4 is 11.6 Å². The lowest BCUT2D eigenvalue weighted by atomic mass is 10.1. The lowest BCUT2D eigenvalue weighted by Gasteiger charge is -2.30. The number of likely N-dealkylation sites (tertiary alicyclic amines) is 1. The molecule has 4 nitrogen and oxygen atoms in total. The van der Waals surface area contributed by atoms with Gasteiger partial charge in [-0.3, -0.25) is 4.79 Å². The number of ether oxygens (including phenoxy) is 1. The Kier molecular flexibility index (Phi) is 5.70. The highest BCUT2D eigenvalue weighted by Gasteiger charge is 2.35. The zero-order valence-corrected chi connectivity index (χ0v) is 14.9. The largest absolute Gasteiger partial charge is 0.490 e. The average molecular weight is 378 g/mol. The van der Waals surface area contributed by atoms with Gasteiger partial charge >= 0.3 is 6.18 Å². The molecule has 7 heteroatoms. The van der Waals surface area contributed by atoms with E-state index in [1.54, 1.807) is 30.3 Å². The minimum atomic E-state index is -4.58. The number of halogens is 3. The van der Waals surface area contributed by atoms with Gasteiger partial charge in [0, 0.05) is 24.3 Å². The summed E-state index contributed by atoms with van der Waals surface area (Å²) in [7, 11) is 1.97. The molecule has 0 saturated carbocycles. The number of nitrogens with one attached hydrogen (secondary N) is 1. The number of alkyl halides is 3. The van der Waals surface area contributed by atoms with Crippen LogP contribution in [0.1, 0.15) is 28.8 Å². The summed E-state index contributed by atoms with van der Waals surface area (Å²) in [5.41, 5.74) is -0.433. The molecule has 0 spiro atoms. The molecule has 2 aromatic carbocycles. The van der Waals surface area contributed by atoms with Crippen molar-refractivity contribution in [1.29, 1.82) is 0 Å². The van der Waals surface area contributed by atoms with E-state index in [9.17, 15) is 18.0 Å². The van der Waals surface area contributed by atoms with Crippen molar-refractivity contribution in [1.82, 2.24) is 4.90 Å². The highest BCUT2D eigenvalue weighted by atomic mass is 19.4. The molecule has 144 valence electrons. The van der Waals surface area contributed by atoms with Crippen LogP contribution < -0.4 is 10.1 Å². The second-order valence-corrected chi connectivity index (χ2v) is 6.65. The lowest BCUT2D eigenvalue weighted by Crippen LogP contribution is -2.36. The Morgan fingerprint density at radius 2 is 1.78 bits per heavy atom. The van der Waals surface area contributed by atoms with Crippen LogP contribution in [0.4, 0.5) is 18.9 Å². The van der Waals surface area contributed by atoms with Gasteiger partial charge in [-0.1, -0.05) is 18.2 Å². The molecule has 0 aliphatic carbocycles. The van der Waals surface area contributed by atoms with Gasteiger partial charge in [-0.15, -0.1) is 0 Å². The number of benzene rings is 2. The first-order valence-corrected chi connectivity index (χ1v) is 8.76. The van der Waals surface area contributed by atoms with E-state index in [4.69, 9.17) is 4.74 Å². The number of rotatable bonds is 4. The molecule has 1 N–H and O–H groups in total. The fourth-order valence-corrected chi connectivity index (χ4v) is 3.01. The summed E-state index contributed by atoms with van der Waals surface area (Å²) in [6.07, 6.45) is -3.46. The van der Waals surface area contributed by atoms with Gasteiger partial charge in [-0.2, -0.15) is 13.2 Å². The van der Waals surface area contributed by atoms with Crippen LogP contribution in [0, 0.1) is 0 Å². The molecular weight excluding hydrogens is 357 g/mol. The van der Waals surface area contributed by atoms with Crippen LogP contribution in [0.5, 0.6) is 5.75 Å². The zero-order chi connectivity index (χ0) is 19.4. The van der Waals surface area contributed by atoms with Crippen LogP contribution >= 0.6 is 0 Å². The fourth-order valence-electron chi connectivity index (χ4n) is 3.01. The normalized spacial score (nSPS) is 16.1. The van der Waals surface area contributed by atoms with Crippen molar-refractivity contribution in [2.45, 2.75) is 25.1 Å². The minimum Gasteiger partial charge on any atom is -0.490 e. The molecule has 2 aromatic rings. The van der Waals surface area contributed by atoms with Crippen LogP contribution in [0.25, 0.3) is 0 Å². The highest BCUT2D eigenvalue weighted by Crippen LogP contribution is 2.39. The van der Waals surface area contributed by atoms with Gasteiger partial charge in [-0.05, 0) is 50.2 Å². The van der Waals surface area contributed by atoms with Gasteiger partial charge in [0.15, 0.2) is 0 Å². The molecule has 3 rings (SSSR count). The summed E-state index contributed by atoms with van der Waals surface area (Å²) in [6.45, 7) is 1.58. The lowest BCUT2D eigenvalue weighted by molar-refractivity contribution is -0.139. The Hall–Kier alpha value is -2.54. The van der Waals surface area contributed by atoms with Gasteiger partial charge in [0.2, 0.25) is 0 Å². The van der Waals surface area contributed by atoms with Gasteiger partial charge in [-0.25, -0.2) is 0 Å². The summed E-state index contributed by atoms with van der Waals surface area (Å²) in [4.78, 5) is 14.3. The first kappa shape index (κ1) is 19.2. The van der Waals surface area contributed by atoms with E-state index in [0.717, 1.165) is 19.2 Å². The predicted octanol–water partition coefficient (Wildman–Crippen LogP) is 4.43. The Labute approximate surface area is 155 Å². The standard InChI is InChI=1S/C20H21F3N2O2/c1-25-11-9-16(10-12-25)27-18-8-7-15(13-17(18)20(21,22)23)24-19(26)14-5-3-2-4-6-14/h2-8,13,16H,9-12H2,1H3,(H,24,26). The Morgan fingerprint density at radius 1 is 1.11 bits per heavy atom. The first-order valence-electron chi connectivity index (χ1n) is 8.76. The molecule has 0 radical (unpaired) electrons. The van der Waals surface area contributed by atoms with Crippen LogP contribution in [-0.2, 0) is 6.18 Å². The minimum absolute atomic E-state index is 0.0758. The zero-order valence-electron chi connectivity index (χ0n) is 14.9. The number of anilines is 1. The monoisotopic (exact) mass is 378 g/mol. The van der Waals surface area contributed by atoms with E-state index >= 15 is 0 Å². The molecule has 1 aliphatic rings. The number of hydrogen-bond acceptors (Lipinski definition) is 3. The van der Waals surface area contributed by atoms with Crippen molar-refractivity contribution in [3.63, 3.8) is 0 Å². The smallest absolute Gasteiger partial charge is 0.420 e. The molecule has 1 aliphatic heterocycles. The molecular formula is C20H21F3N2O2. The molecule has 0 unspecified atom stereocenters. The Morgan fingerprint density at radius 3 is 2.41 bits per heavy atom. The van der Waals surface area contributed by atoms with E-state index in [1.807, 2.05) is 7.05 Å². The summed E-state index contributed by atoms with van der Waals surface area (Å²) in [6, 6.07) is 12.0. The van der Waals surface area contributed by atoms with Crippen molar-refractivity contribution < 1.29 is 22.7 Å². The molecule has 1 saturated heterocycles. The topological polar surface area (TPSA) is 41.6 Å². The summed E-state index contributed by atoms with van der Waals surface area (Å²) in [5.74, 6) is -0.664. The maximum atomic E-state index is 13.5. The van der Waals surface area contributed by atoms with Crippen molar-refractivity contribution in [3.8, 4) is 5.75 Å². The fraction of sp³-hybridized carbons (Fsp3) is 0.350. The van der Waals surface area contributed by atoms with E-state index in [0.29, 0.717) is 18.4 Å². The van der Waals surface area contributed by atoms with Gasteiger partial charge < -0.3 is 15.0 Å². The van der Waals surface area contributed by atoms with Crippen LogP contribution in [0.15, 0.2) is 48.5 Å². The van der Waals surface area contributed by atoms with Crippen LogP contribution in [-0.4, -0.2) is 37.0 Å². The SMILES string of the molecule is CN1CCC(Oc2ccc(NC(=O)c3ccccc3)cc2C(F)(F)F)CC1. The second-order valence-electron chi connectivity index (χ2n) is 6.65. The van der Waals surface area contributed by atoms with E-state index in [1.165, 1.54) is 12.1 Å². The van der Waals surface area contributed by atoms with Gasteiger partial charge in [0.25, 0.3) is 5.91 Å². The predicted molar refractivity (Wildman–Crippen MR) is 97.0 cm³/mol. The van der Waals surface area contributed by atoms with E-state index in [-0.39, 0.29) is 17.5 Å². The quantitative estimate of drug-likeness (QED) is 0.856. The molecule has 1 heterocycles. The number of amides is 1. The maximum absolute atomic E-state index is 13.5. The Bertz CT molecular complexity index is 786. The molecule has 27 heavy (non-hydrogen) atoms.